The van der Waals surface area contributed by atoms with Crippen LogP contribution in [0, 0.1) is 0 Å². The average Bonchev–Trinajstić information content (AvgIpc) is 2.53. The number of benzene rings is 2. The summed E-state index contributed by atoms with van der Waals surface area (Å²) >= 11 is 0. The molecule has 1 N–H and O–H groups in total. The van der Waals surface area contributed by atoms with Crippen LogP contribution in [0.3, 0.4) is 0 Å². The van der Waals surface area contributed by atoms with Crippen LogP contribution in [0.25, 0.3) is 0 Å². The molecule has 2 aromatic carbocycles. The molecule has 0 bridgehead atoms. The molecule has 0 saturated carbocycles. The largest absolute Gasteiger partial charge is 0.492 e. The Morgan fingerprint density at radius 2 is 1.64 bits per heavy atom. The first-order valence-corrected chi connectivity index (χ1v) is 7.35. The number of ether oxygens (including phenoxy) is 1. The lowest BCUT2D eigenvalue weighted by Gasteiger charge is -2.23. The van der Waals surface area contributed by atoms with Gasteiger partial charge in [0.25, 0.3) is 0 Å². The lowest BCUT2D eigenvalue weighted by atomic mass is 10.1. The summed E-state index contributed by atoms with van der Waals surface area (Å²) in [4.78, 5) is 14.3. The summed E-state index contributed by atoms with van der Waals surface area (Å²) in [6, 6.07) is 19.0. The number of carbonyl (C=O) groups excluding carboxylic acids is 1. The Labute approximate surface area is 131 Å². The summed E-state index contributed by atoms with van der Waals surface area (Å²) in [5.41, 5.74) is 0.981. The highest BCUT2D eigenvalue weighted by Crippen LogP contribution is 2.17. The quantitative estimate of drug-likeness (QED) is 0.799. The third-order valence-electron chi connectivity index (χ3n) is 3.29. The Hall–Kier alpha value is -2.33. The van der Waals surface area contributed by atoms with Crippen LogP contribution < -0.4 is 10.1 Å². The Morgan fingerprint density at radius 1 is 1.05 bits per heavy atom. The van der Waals surface area contributed by atoms with Crippen molar-refractivity contribution in [3.63, 3.8) is 0 Å². The van der Waals surface area contributed by atoms with E-state index in [1.165, 1.54) is 0 Å². The van der Waals surface area contributed by atoms with Gasteiger partial charge in [0.15, 0.2) is 0 Å². The van der Waals surface area contributed by atoms with Gasteiger partial charge in [-0.25, -0.2) is 0 Å². The SMILES string of the molecule is CN(C)[C@@H](C(=O)NCCOc1ccccc1)c1ccccc1. The highest BCUT2D eigenvalue weighted by atomic mass is 16.5. The van der Waals surface area contributed by atoms with Crippen LogP contribution in [0.15, 0.2) is 60.7 Å². The van der Waals surface area contributed by atoms with Crippen LogP contribution in [0.1, 0.15) is 11.6 Å². The molecule has 0 aliphatic carbocycles. The fraction of sp³-hybridized carbons (Fsp3) is 0.278. The van der Waals surface area contributed by atoms with E-state index in [-0.39, 0.29) is 11.9 Å². The highest BCUT2D eigenvalue weighted by Gasteiger charge is 2.22. The number of rotatable bonds is 7. The van der Waals surface area contributed by atoms with Crippen LogP contribution in [0.2, 0.25) is 0 Å². The van der Waals surface area contributed by atoms with Gasteiger partial charge in [-0.1, -0.05) is 48.5 Å². The number of likely N-dealkylation sites (N-methyl/N-ethyl adjacent to an activating group) is 1. The molecule has 0 spiro atoms. The first-order chi connectivity index (χ1) is 10.7. The van der Waals surface area contributed by atoms with Gasteiger partial charge in [0, 0.05) is 0 Å². The van der Waals surface area contributed by atoms with E-state index in [0.29, 0.717) is 13.2 Å². The Balaban J connectivity index is 1.84. The molecule has 1 atom stereocenters. The zero-order chi connectivity index (χ0) is 15.8. The van der Waals surface area contributed by atoms with Gasteiger partial charge in [-0.3, -0.25) is 9.69 Å². The van der Waals surface area contributed by atoms with Gasteiger partial charge in [0.05, 0.1) is 6.54 Å². The maximum Gasteiger partial charge on any atom is 0.242 e. The molecular formula is C18H22N2O2. The van der Waals surface area contributed by atoms with Crippen molar-refractivity contribution in [2.45, 2.75) is 6.04 Å². The van der Waals surface area contributed by atoms with Gasteiger partial charge in [0.1, 0.15) is 18.4 Å². The van der Waals surface area contributed by atoms with Gasteiger partial charge in [-0.05, 0) is 31.8 Å². The van der Waals surface area contributed by atoms with E-state index in [1.54, 1.807) is 0 Å². The Bertz CT molecular complexity index is 570. The van der Waals surface area contributed by atoms with Crippen molar-refractivity contribution in [1.29, 1.82) is 0 Å². The standard InChI is InChI=1S/C18H22N2O2/c1-20(2)17(15-9-5-3-6-10-15)18(21)19-13-14-22-16-11-7-4-8-12-16/h3-12,17H,13-14H2,1-2H3,(H,19,21)/t17-/m1/s1. The number of para-hydroxylation sites is 1. The zero-order valence-corrected chi connectivity index (χ0v) is 13.0. The number of carbonyl (C=O) groups is 1. The summed E-state index contributed by atoms with van der Waals surface area (Å²) in [6.07, 6.45) is 0. The molecule has 116 valence electrons. The maximum absolute atomic E-state index is 12.4. The molecule has 0 unspecified atom stereocenters. The number of hydrogen-bond acceptors (Lipinski definition) is 3. The van der Waals surface area contributed by atoms with E-state index in [1.807, 2.05) is 79.7 Å². The van der Waals surface area contributed by atoms with Crippen LogP contribution in [0.5, 0.6) is 5.75 Å². The number of nitrogens with zero attached hydrogens (tertiary/aromatic N) is 1. The van der Waals surface area contributed by atoms with Gasteiger partial charge in [0.2, 0.25) is 5.91 Å². The third-order valence-corrected chi connectivity index (χ3v) is 3.29. The molecule has 4 heteroatoms. The third kappa shape index (κ3) is 4.60. The molecule has 0 aromatic heterocycles. The fourth-order valence-corrected chi connectivity index (χ4v) is 2.28. The fourth-order valence-electron chi connectivity index (χ4n) is 2.28. The van der Waals surface area contributed by atoms with Crippen molar-refractivity contribution in [2.75, 3.05) is 27.2 Å². The second-order valence-corrected chi connectivity index (χ2v) is 5.23. The summed E-state index contributed by atoms with van der Waals surface area (Å²) in [5.74, 6) is 0.789. The molecule has 0 aliphatic rings. The molecule has 2 aromatic rings. The predicted molar refractivity (Wildman–Crippen MR) is 87.8 cm³/mol. The van der Waals surface area contributed by atoms with E-state index in [9.17, 15) is 4.79 Å². The summed E-state index contributed by atoms with van der Waals surface area (Å²) < 4.78 is 5.57. The van der Waals surface area contributed by atoms with Gasteiger partial charge in [-0.15, -0.1) is 0 Å². The van der Waals surface area contributed by atoms with E-state index >= 15 is 0 Å². The first-order valence-electron chi connectivity index (χ1n) is 7.35. The minimum absolute atomic E-state index is 0.0205. The van der Waals surface area contributed by atoms with Crippen LogP contribution in [0.4, 0.5) is 0 Å². The molecule has 1 amide bonds. The molecule has 4 nitrogen and oxygen atoms in total. The second-order valence-electron chi connectivity index (χ2n) is 5.23. The predicted octanol–water partition coefficient (Wildman–Crippen LogP) is 2.48. The lowest BCUT2D eigenvalue weighted by molar-refractivity contribution is -0.125. The molecular weight excluding hydrogens is 276 g/mol. The summed E-state index contributed by atoms with van der Waals surface area (Å²) in [6.45, 7) is 0.926. The van der Waals surface area contributed by atoms with E-state index in [0.717, 1.165) is 11.3 Å². The van der Waals surface area contributed by atoms with Crippen molar-refractivity contribution >= 4 is 5.91 Å². The van der Waals surface area contributed by atoms with Gasteiger partial charge < -0.3 is 10.1 Å². The number of nitrogens with one attached hydrogen (secondary N) is 1. The average molecular weight is 298 g/mol. The molecule has 0 heterocycles. The van der Waals surface area contributed by atoms with Crippen molar-refractivity contribution in [2.24, 2.45) is 0 Å². The van der Waals surface area contributed by atoms with Crippen LogP contribution in [-0.4, -0.2) is 38.1 Å². The van der Waals surface area contributed by atoms with Crippen molar-refractivity contribution in [1.82, 2.24) is 10.2 Å². The van der Waals surface area contributed by atoms with Crippen molar-refractivity contribution in [3.05, 3.63) is 66.2 Å². The number of amides is 1. The normalized spacial score (nSPS) is 12.0. The molecule has 0 saturated heterocycles. The molecule has 0 fully saturated rings. The van der Waals surface area contributed by atoms with Crippen molar-refractivity contribution < 1.29 is 9.53 Å². The number of hydrogen-bond donors (Lipinski definition) is 1. The smallest absolute Gasteiger partial charge is 0.242 e. The minimum Gasteiger partial charge on any atom is -0.492 e. The minimum atomic E-state index is -0.294. The topological polar surface area (TPSA) is 41.6 Å². The maximum atomic E-state index is 12.4. The Morgan fingerprint density at radius 3 is 2.23 bits per heavy atom. The van der Waals surface area contributed by atoms with Gasteiger partial charge in [-0.2, -0.15) is 0 Å². The zero-order valence-electron chi connectivity index (χ0n) is 13.0. The summed E-state index contributed by atoms with van der Waals surface area (Å²) in [5, 5.41) is 2.93. The lowest BCUT2D eigenvalue weighted by Crippen LogP contribution is -2.38. The van der Waals surface area contributed by atoms with Crippen LogP contribution in [-0.2, 0) is 4.79 Å². The molecule has 2 rings (SSSR count). The van der Waals surface area contributed by atoms with E-state index < -0.39 is 0 Å². The molecule has 0 radical (unpaired) electrons. The summed E-state index contributed by atoms with van der Waals surface area (Å²) in [7, 11) is 3.80. The Kier molecular flexibility index (Phi) is 5.98. The highest BCUT2D eigenvalue weighted by molar-refractivity contribution is 5.83. The van der Waals surface area contributed by atoms with Crippen molar-refractivity contribution in [3.8, 4) is 5.75 Å². The van der Waals surface area contributed by atoms with E-state index in [4.69, 9.17) is 4.74 Å². The van der Waals surface area contributed by atoms with Crippen LogP contribution >= 0.6 is 0 Å². The monoisotopic (exact) mass is 298 g/mol. The first kappa shape index (κ1) is 16.0. The second kappa shape index (κ2) is 8.20. The van der Waals surface area contributed by atoms with Gasteiger partial charge >= 0.3 is 0 Å². The molecule has 0 aliphatic heterocycles. The molecule has 22 heavy (non-hydrogen) atoms. The van der Waals surface area contributed by atoms with E-state index in [2.05, 4.69) is 5.32 Å².